The molecule has 0 aliphatic carbocycles. The van der Waals surface area contributed by atoms with Crippen molar-refractivity contribution in [3.63, 3.8) is 0 Å². The van der Waals surface area contributed by atoms with Crippen LogP contribution in [0.4, 0.5) is 0 Å². The first-order valence-electron chi connectivity index (χ1n) is 0. The van der Waals surface area contributed by atoms with E-state index >= 15 is 0 Å². The van der Waals surface area contributed by atoms with E-state index in [9.17, 15) is 0 Å². The average Bonchev–Trinajstić information content (AvgIpc) is 0. The van der Waals surface area contributed by atoms with E-state index in [0.717, 1.165) is 0 Å². The van der Waals surface area contributed by atoms with Gasteiger partial charge in [-0.1, -0.05) is 16.8 Å². The van der Waals surface area contributed by atoms with E-state index in [1.54, 1.807) is 0 Å². The van der Waals surface area contributed by atoms with Crippen LogP contribution in [-0.2, 0) is 0 Å². The normalized spacial score (nSPS) is 0. The van der Waals surface area contributed by atoms with Crippen LogP contribution in [-0.4, -0.2) is 16.8 Å². The van der Waals surface area contributed by atoms with Crippen LogP contribution < -0.4 is 110 Å². The number of hydrogen-bond acceptors (Lipinski definition) is 0. The third-order valence-electron chi connectivity index (χ3n) is 0. The van der Waals surface area contributed by atoms with Gasteiger partial charge in [0.15, 0.2) is 0 Å². The first-order valence-corrected chi connectivity index (χ1v) is 0. The van der Waals surface area contributed by atoms with Crippen molar-refractivity contribution >= 4 is 16.8 Å². The van der Waals surface area contributed by atoms with E-state index in [1.807, 2.05) is 0 Å². The summed E-state index contributed by atoms with van der Waals surface area (Å²) in [5.41, 5.74) is 0. The van der Waals surface area contributed by atoms with Crippen molar-refractivity contribution in [3.05, 3.63) is 0 Å². The minimum atomic E-state index is 0. The largest absolute Gasteiger partial charge is 1.00 e. The first-order chi connectivity index (χ1) is 0. The van der Waals surface area contributed by atoms with Gasteiger partial charge in [0, 0.05) is 0 Å². The van der Waals surface area contributed by atoms with Crippen molar-refractivity contribution in [3.8, 4) is 0 Å². The molecule has 0 saturated heterocycles. The van der Waals surface area contributed by atoms with Crippen LogP contribution in [0, 0.1) is 0 Å². The fraction of sp³-hybridized carbons (Fsp3) is 0. The van der Waals surface area contributed by atoms with Crippen molar-refractivity contribution < 1.29 is 112 Å². The smallest absolute Gasteiger partial charge is 1.00 e. The van der Waals surface area contributed by atoms with E-state index in [2.05, 4.69) is 0 Å². The Bertz CT molecular complexity index is 11.5. The summed E-state index contributed by atoms with van der Waals surface area (Å²) in [5, 5.41) is 0. The molecule has 0 spiro atoms. The second-order valence-corrected chi connectivity index (χ2v) is 0. The molecule has 0 unspecified atom stereocenters. The van der Waals surface area contributed by atoms with Gasteiger partial charge in [0.25, 0.3) is 0 Å². The zero-order chi connectivity index (χ0) is 0. The summed E-state index contributed by atoms with van der Waals surface area (Å²) < 4.78 is 0. The van der Waals surface area contributed by atoms with Crippen LogP contribution in [0.1, 0.15) is 1.43 Å². The summed E-state index contributed by atoms with van der Waals surface area (Å²) in [6.45, 7) is 0. The Labute approximate surface area is 125 Å². The monoisotopic (exact) mass is 116 g/mol. The first kappa shape index (κ1) is 37.3. The Kier molecular flexibility index (Phi) is 187. The molecule has 0 bridgehead atoms. The van der Waals surface area contributed by atoms with Gasteiger partial charge in [0.05, 0.1) is 0 Å². The average molecular weight is 116 g/mol. The van der Waals surface area contributed by atoms with Gasteiger partial charge in [-0.2, -0.15) is 0 Å². The van der Waals surface area contributed by atoms with Gasteiger partial charge in [-0.15, -0.1) is 0 Å². The van der Waals surface area contributed by atoms with E-state index in [1.165, 1.54) is 0 Å². The molecule has 0 aromatic heterocycles. The third kappa shape index (κ3) is 18.2. The van der Waals surface area contributed by atoms with Crippen molar-refractivity contribution in [2.24, 2.45) is 0 Å². The predicted molar refractivity (Wildman–Crippen MR) is 23.8 cm³/mol. The van der Waals surface area contributed by atoms with Crippen LogP contribution in [0.15, 0.2) is 0 Å². The zero-order valence-corrected chi connectivity index (χ0v) is 10.1. The van der Waals surface area contributed by atoms with E-state index in [-0.39, 0.29) is 129 Å². The van der Waals surface area contributed by atoms with Crippen LogP contribution in [0.5, 0.6) is 0 Å². The second kappa shape index (κ2) is 25.1. The molecule has 0 radical (unpaired) electrons. The van der Waals surface area contributed by atoms with Gasteiger partial charge in [-0.3, -0.25) is 0 Å². The SMILES string of the molecule is [BH4-].[BH4-].[H-].[K+].[Na+].[Na+]. The Morgan fingerprint density at radius 2 is 0.800 bits per heavy atom. The van der Waals surface area contributed by atoms with Gasteiger partial charge >= 0.3 is 110 Å². The molecule has 0 amide bonds. The standard InChI is InChI=1S/2BH4.K.2Na.H/h2*1H4;;;;/q2*-1;3*+1;-1. The molecule has 5 heavy (non-hydrogen) atoms. The zero-order valence-electron chi connectivity index (χ0n) is 4.00. The molecule has 0 heterocycles. The Hall–Kier alpha value is 3.77. The van der Waals surface area contributed by atoms with Crippen molar-refractivity contribution in [2.75, 3.05) is 0 Å². The third-order valence-corrected chi connectivity index (χ3v) is 0. The minimum Gasteiger partial charge on any atom is -1.00 e. The second-order valence-electron chi connectivity index (χ2n) is 0. The van der Waals surface area contributed by atoms with Crippen LogP contribution >= 0.6 is 0 Å². The van der Waals surface area contributed by atoms with E-state index in [0.29, 0.717) is 0 Å². The van der Waals surface area contributed by atoms with Crippen molar-refractivity contribution in [2.45, 2.75) is 0 Å². The number of rotatable bonds is 0. The molecular weight excluding hydrogens is 107 g/mol. The van der Waals surface area contributed by atoms with Gasteiger partial charge in [0.1, 0.15) is 0 Å². The molecule has 18 valence electrons. The summed E-state index contributed by atoms with van der Waals surface area (Å²) in [4.78, 5) is 0. The van der Waals surface area contributed by atoms with Gasteiger partial charge < -0.3 is 1.43 Å². The molecular formula is H9B2KNa2. The van der Waals surface area contributed by atoms with Crippen molar-refractivity contribution in [1.29, 1.82) is 0 Å². The maximum absolute atomic E-state index is 0. The molecule has 5 heteroatoms. The fourth-order valence-corrected chi connectivity index (χ4v) is 0. The fourth-order valence-electron chi connectivity index (χ4n) is 0. The van der Waals surface area contributed by atoms with Crippen molar-refractivity contribution in [1.82, 2.24) is 0 Å². The number of hydrogen-bond donors (Lipinski definition) is 0. The Morgan fingerprint density at radius 1 is 0.800 bits per heavy atom. The molecule has 0 atom stereocenters. The molecule has 0 nitrogen and oxygen atoms in total. The van der Waals surface area contributed by atoms with Crippen LogP contribution in [0.3, 0.4) is 0 Å². The minimum absolute atomic E-state index is 0. The summed E-state index contributed by atoms with van der Waals surface area (Å²) >= 11 is 0. The topological polar surface area (TPSA) is 0 Å². The maximum Gasteiger partial charge on any atom is 1.00 e. The molecule has 0 aliphatic rings. The van der Waals surface area contributed by atoms with Crippen LogP contribution in [0.2, 0.25) is 0 Å². The van der Waals surface area contributed by atoms with E-state index in [4.69, 9.17) is 0 Å². The summed E-state index contributed by atoms with van der Waals surface area (Å²) in [6, 6.07) is 0. The molecule has 0 aliphatic heterocycles. The Morgan fingerprint density at radius 3 is 0.800 bits per heavy atom. The summed E-state index contributed by atoms with van der Waals surface area (Å²) in [6.07, 6.45) is 0. The van der Waals surface area contributed by atoms with E-state index < -0.39 is 0 Å². The Balaban J connectivity index is 0. The molecule has 0 aromatic carbocycles. The molecule has 0 rings (SSSR count). The van der Waals surface area contributed by atoms with Gasteiger partial charge in [-0.05, 0) is 0 Å². The summed E-state index contributed by atoms with van der Waals surface area (Å²) in [5.74, 6) is 0. The molecule has 0 aromatic rings. The molecule has 0 saturated carbocycles. The molecule has 0 fully saturated rings. The van der Waals surface area contributed by atoms with Crippen LogP contribution in [0.25, 0.3) is 0 Å². The predicted octanol–water partition coefficient (Wildman–Crippen LogP) is -11.8. The summed E-state index contributed by atoms with van der Waals surface area (Å²) in [7, 11) is 0. The van der Waals surface area contributed by atoms with Gasteiger partial charge in [0.2, 0.25) is 0 Å². The maximum atomic E-state index is 0. The quantitative estimate of drug-likeness (QED) is 0.275. The van der Waals surface area contributed by atoms with Gasteiger partial charge in [-0.25, -0.2) is 0 Å². The molecule has 0 N–H and O–H groups in total.